The van der Waals surface area contributed by atoms with Crippen molar-refractivity contribution in [2.45, 2.75) is 44.8 Å². The Morgan fingerprint density at radius 2 is 1.68 bits per heavy atom. The molecule has 0 aliphatic heterocycles. The van der Waals surface area contributed by atoms with Crippen LogP contribution in [0.25, 0.3) is 11.0 Å². The minimum Gasteiger partial charge on any atom is -0.445 e. The maximum absolute atomic E-state index is 12.3. The van der Waals surface area contributed by atoms with Crippen molar-refractivity contribution in [3.05, 3.63) is 72.1 Å². The number of primary amides is 1. The number of benzene rings is 2. The van der Waals surface area contributed by atoms with Crippen LogP contribution in [0.2, 0.25) is 0 Å². The molecule has 9 heteroatoms. The fourth-order valence-electron chi connectivity index (χ4n) is 3.34. The quantitative estimate of drug-likeness (QED) is 0.353. The third kappa shape index (κ3) is 8.16. The molecule has 0 aliphatic rings. The first kappa shape index (κ1) is 24.6. The number of aromatic nitrogens is 2. The second kappa shape index (κ2) is 12.9. The van der Waals surface area contributed by atoms with Gasteiger partial charge in [-0.05, 0) is 30.5 Å². The lowest BCUT2D eigenvalue weighted by molar-refractivity contribution is -0.127. The molecule has 0 saturated carbocycles. The van der Waals surface area contributed by atoms with Gasteiger partial charge in [-0.2, -0.15) is 0 Å². The van der Waals surface area contributed by atoms with Gasteiger partial charge in [0, 0.05) is 25.6 Å². The summed E-state index contributed by atoms with van der Waals surface area (Å²) >= 11 is 0. The third-order valence-electron chi connectivity index (χ3n) is 5.15. The zero-order valence-electron chi connectivity index (χ0n) is 18.9. The van der Waals surface area contributed by atoms with Crippen LogP contribution in [0.3, 0.4) is 0 Å². The Morgan fingerprint density at radius 1 is 0.941 bits per heavy atom. The summed E-state index contributed by atoms with van der Waals surface area (Å²) in [7, 11) is 0. The van der Waals surface area contributed by atoms with Gasteiger partial charge in [0.05, 0.1) is 16.7 Å². The smallest absolute Gasteiger partial charge is 0.407 e. The van der Waals surface area contributed by atoms with Gasteiger partial charge in [-0.1, -0.05) is 48.9 Å². The summed E-state index contributed by atoms with van der Waals surface area (Å²) in [5.74, 6) is -0.880. The van der Waals surface area contributed by atoms with Crippen molar-refractivity contribution in [2.75, 3.05) is 6.54 Å². The molecule has 9 nitrogen and oxygen atoms in total. The summed E-state index contributed by atoms with van der Waals surface area (Å²) in [6.45, 7) is 0.679. The van der Waals surface area contributed by atoms with E-state index >= 15 is 0 Å². The highest BCUT2D eigenvalue weighted by molar-refractivity contribution is 5.86. The van der Waals surface area contributed by atoms with Crippen LogP contribution in [-0.2, 0) is 27.4 Å². The van der Waals surface area contributed by atoms with Gasteiger partial charge in [0.1, 0.15) is 12.6 Å². The minimum absolute atomic E-state index is 0.175. The Balaban J connectivity index is 1.32. The number of rotatable bonds is 12. The van der Waals surface area contributed by atoms with Crippen LogP contribution in [0.5, 0.6) is 0 Å². The zero-order valence-corrected chi connectivity index (χ0v) is 18.9. The van der Waals surface area contributed by atoms with Crippen molar-refractivity contribution in [1.82, 2.24) is 20.6 Å². The second-order valence-corrected chi connectivity index (χ2v) is 7.88. The molecule has 1 heterocycles. The van der Waals surface area contributed by atoms with E-state index in [0.717, 1.165) is 17.5 Å². The number of carbonyl (C=O) groups excluding carboxylic acids is 3. The number of ether oxygens (including phenoxy) is 1. The lowest BCUT2D eigenvalue weighted by Gasteiger charge is -2.15. The highest BCUT2D eigenvalue weighted by Crippen LogP contribution is 2.10. The molecule has 1 atom stereocenters. The third-order valence-corrected chi connectivity index (χ3v) is 5.15. The predicted molar refractivity (Wildman–Crippen MR) is 127 cm³/mol. The number of carbonyl (C=O) groups is 3. The van der Waals surface area contributed by atoms with Crippen LogP contribution in [-0.4, -0.2) is 40.5 Å². The molecule has 0 bridgehead atoms. The average Bonchev–Trinajstić information content (AvgIpc) is 2.85. The number of nitrogens with one attached hydrogen (secondary N) is 2. The summed E-state index contributed by atoms with van der Waals surface area (Å²) in [4.78, 5) is 44.6. The first-order chi connectivity index (χ1) is 16.5. The number of nitrogens with two attached hydrogens (primary N) is 1. The van der Waals surface area contributed by atoms with Gasteiger partial charge in [0.15, 0.2) is 0 Å². The number of para-hydroxylation sites is 2. The molecule has 3 aromatic rings. The van der Waals surface area contributed by atoms with Crippen molar-refractivity contribution in [3.63, 3.8) is 0 Å². The normalized spacial score (nSPS) is 11.5. The molecule has 0 aliphatic carbocycles. The molecular weight excluding hydrogens is 434 g/mol. The topological polar surface area (TPSA) is 136 Å². The number of hydrogen-bond donors (Lipinski definition) is 3. The standard InChI is InChI=1S/C25H29N5O4/c26-24(32)22(15-19-16-28-20-11-6-7-12-21(20)29-19)30-23(31)13-5-2-8-14-27-25(33)34-17-18-9-3-1-4-10-18/h1,3-4,6-7,9-12,16,22H,2,5,8,13-15,17H2,(H2,26,32)(H,27,33)(H,30,31)/t22-/m1/s1. The number of unbranched alkanes of at least 4 members (excludes halogenated alkanes) is 2. The van der Waals surface area contributed by atoms with E-state index in [1.54, 1.807) is 6.20 Å². The van der Waals surface area contributed by atoms with Gasteiger partial charge in [-0.15, -0.1) is 0 Å². The molecule has 0 radical (unpaired) electrons. The Labute approximate surface area is 198 Å². The molecule has 3 rings (SSSR count). The highest BCUT2D eigenvalue weighted by atomic mass is 16.5. The van der Waals surface area contributed by atoms with Crippen LogP contribution in [0.4, 0.5) is 4.79 Å². The summed E-state index contributed by atoms with van der Waals surface area (Å²) in [5.41, 5.74) is 8.44. The number of hydrogen-bond acceptors (Lipinski definition) is 6. The Kier molecular flexibility index (Phi) is 9.33. The van der Waals surface area contributed by atoms with Crippen LogP contribution in [0.15, 0.2) is 60.8 Å². The fraction of sp³-hybridized carbons (Fsp3) is 0.320. The molecule has 178 valence electrons. The van der Waals surface area contributed by atoms with Crippen molar-refractivity contribution in [3.8, 4) is 0 Å². The van der Waals surface area contributed by atoms with Crippen LogP contribution in [0, 0.1) is 0 Å². The van der Waals surface area contributed by atoms with E-state index in [1.807, 2.05) is 54.6 Å². The lowest BCUT2D eigenvalue weighted by Crippen LogP contribution is -2.46. The van der Waals surface area contributed by atoms with Crippen molar-refractivity contribution in [1.29, 1.82) is 0 Å². The van der Waals surface area contributed by atoms with E-state index in [9.17, 15) is 14.4 Å². The number of alkyl carbamates (subject to hydrolysis) is 1. The maximum atomic E-state index is 12.3. The Bertz CT molecular complexity index is 1110. The summed E-state index contributed by atoms with van der Waals surface area (Å²) in [6, 6.07) is 16.0. The average molecular weight is 464 g/mol. The van der Waals surface area contributed by atoms with Gasteiger partial charge >= 0.3 is 6.09 Å². The molecule has 3 amide bonds. The van der Waals surface area contributed by atoms with E-state index in [2.05, 4.69) is 20.6 Å². The van der Waals surface area contributed by atoms with E-state index in [0.29, 0.717) is 30.6 Å². The van der Waals surface area contributed by atoms with Gasteiger partial charge in [-0.25, -0.2) is 9.78 Å². The number of nitrogens with zero attached hydrogens (tertiary/aromatic N) is 2. The first-order valence-electron chi connectivity index (χ1n) is 11.2. The van der Waals surface area contributed by atoms with Crippen LogP contribution < -0.4 is 16.4 Å². The van der Waals surface area contributed by atoms with Crippen LogP contribution in [0.1, 0.15) is 36.9 Å². The Hall–Kier alpha value is -4.01. The SMILES string of the molecule is NC(=O)[C@@H](Cc1cnc2ccccc2n1)NC(=O)CCCCCNC(=O)OCc1ccccc1. The molecular formula is C25H29N5O4. The van der Waals surface area contributed by atoms with Crippen molar-refractivity contribution in [2.24, 2.45) is 5.73 Å². The summed E-state index contributed by atoms with van der Waals surface area (Å²) in [6.07, 6.45) is 3.61. The minimum atomic E-state index is -0.857. The molecule has 0 fully saturated rings. The predicted octanol–water partition coefficient (Wildman–Crippen LogP) is 2.63. The Morgan fingerprint density at radius 3 is 2.44 bits per heavy atom. The van der Waals surface area contributed by atoms with E-state index in [1.165, 1.54) is 0 Å². The van der Waals surface area contributed by atoms with E-state index in [-0.39, 0.29) is 25.4 Å². The van der Waals surface area contributed by atoms with Gasteiger partial charge in [0.25, 0.3) is 0 Å². The summed E-state index contributed by atoms with van der Waals surface area (Å²) in [5, 5.41) is 5.38. The van der Waals surface area contributed by atoms with E-state index < -0.39 is 18.0 Å². The first-order valence-corrected chi connectivity index (χ1v) is 11.2. The summed E-state index contributed by atoms with van der Waals surface area (Å²) < 4.78 is 5.14. The molecule has 0 unspecified atom stereocenters. The largest absolute Gasteiger partial charge is 0.445 e. The molecule has 0 saturated heterocycles. The number of fused-ring (bicyclic) bond motifs is 1. The lowest BCUT2D eigenvalue weighted by atomic mass is 10.1. The highest BCUT2D eigenvalue weighted by Gasteiger charge is 2.19. The second-order valence-electron chi connectivity index (χ2n) is 7.88. The maximum Gasteiger partial charge on any atom is 0.407 e. The van der Waals surface area contributed by atoms with Gasteiger partial charge < -0.3 is 21.1 Å². The molecule has 2 aromatic carbocycles. The zero-order chi connectivity index (χ0) is 24.2. The van der Waals surface area contributed by atoms with E-state index in [4.69, 9.17) is 10.5 Å². The number of amides is 3. The fourth-order valence-corrected chi connectivity index (χ4v) is 3.34. The molecule has 1 aromatic heterocycles. The molecule has 0 spiro atoms. The van der Waals surface area contributed by atoms with Crippen LogP contribution >= 0.6 is 0 Å². The van der Waals surface area contributed by atoms with Crippen molar-refractivity contribution < 1.29 is 19.1 Å². The van der Waals surface area contributed by atoms with Gasteiger partial charge in [0.2, 0.25) is 11.8 Å². The monoisotopic (exact) mass is 463 g/mol. The molecule has 4 N–H and O–H groups in total. The molecule has 34 heavy (non-hydrogen) atoms. The van der Waals surface area contributed by atoms with Gasteiger partial charge in [-0.3, -0.25) is 14.6 Å². The van der Waals surface area contributed by atoms with Crippen molar-refractivity contribution >= 4 is 28.9 Å².